The fourth-order valence-electron chi connectivity index (χ4n) is 3.64. The lowest BCUT2D eigenvalue weighted by atomic mass is 10.2. The van der Waals surface area contributed by atoms with Crippen LogP contribution in [0, 0.1) is 6.92 Å². The van der Waals surface area contributed by atoms with E-state index in [9.17, 15) is 4.79 Å². The van der Waals surface area contributed by atoms with E-state index in [-0.39, 0.29) is 5.56 Å². The zero-order valence-electron chi connectivity index (χ0n) is 16.8. The zero-order chi connectivity index (χ0) is 20.1. The summed E-state index contributed by atoms with van der Waals surface area (Å²) in [6.07, 6.45) is 0.740. The fraction of sp³-hybridized carbons (Fsp3) is 0.391. The fourth-order valence-corrected chi connectivity index (χ4v) is 3.64. The number of morpholine rings is 1. The van der Waals surface area contributed by atoms with Gasteiger partial charge in [0.2, 0.25) is 0 Å². The first kappa shape index (κ1) is 19.6. The van der Waals surface area contributed by atoms with Crippen molar-refractivity contribution in [2.45, 2.75) is 26.4 Å². The Kier molecular flexibility index (Phi) is 6.22. The largest absolute Gasteiger partial charge is 0.494 e. The second-order valence-electron chi connectivity index (χ2n) is 7.41. The quantitative estimate of drug-likeness (QED) is 0.578. The lowest BCUT2D eigenvalue weighted by molar-refractivity contribution is 0.0324. The molecule has 0 atom stereocenters. The van der Waals surface area contributed by atoms with Crippen LogP contribution < -0.4 is 10.3 Å². The normalized spacial score (nSPS) is 14.9. The van der Waals surface area contributed by atoms with Crippen molar-refractivity contribution in [3.05, 3.63) is 70.3 Å². The first-order valence-electron chi connectivity index (χ1n) is 10.2. The summed E-state index contributed by atoms with van der Waals surface area (Å²) in [6.45, 7) is 7.01. The smallest absolute Gasteiger partial charge is 0.261 e. The SMILES string of the molecule is Cc1cccc(OCCCn2c(CN3CCOCC3)nc3ccccc3c2=O)c1. The molecule has 2 aromatic carbocycles. The van der Waals surface area contributed by atoms with Crippen LogP contribution in [-0.2, 0) is 17.8 Å². The van der Waals surface area contributed by atoms with Crippen molar-refractivity contribution in [3.8, 4) is 5.75 Å². The van der Waals surface area contributed by atoms with Crippen molar-refractivity contribution in [1.82, 2.24) is 14.5 Å². The van der Waals surface area contributed by atoms with Gasteiger partial charge in [-0.1, -0.05) is 24.3 Å². The van der Waals surface area contributed by atoms with E-state index in [0.29, 0.717) is 25.1 Å². The molecule has 3 aromatic rings. The van der Waals surface area contributed by atoms with Gasteiger partial charge >= 0.3 is 0 Å². The average molecular weight is 393 g/mol. The third kappa shape index (κ3) is 4.83. The van der Waals surface area contributed by atoms with Crippen LogP contribution in [0.15, 0.2) is 53.3 Å². The van der Waals surface area contributed by atoms with Crippen LogP contribution in [0.1, 0.15) is 17.8 Å². The van der Waals surface area contributed by atoms with Crippen molar-refractivity contribution in [2.24, 2.45) is 0 Å². The highest BCUT2D eigenvalue weighted by atomic mass is 16.5. The molecule has 0 spiro atoms. The summed E-state index contributed by atoms with van der Waals surface area (Å²) in [5.41, 5.74) is 1.95. The minimum absolute atomic E-state index is 0.0226. The highest BCUT2D eigenvalue weighted by molar-refractivity contribution is 5.77. The Hall–Kier alpha value is -2.70. The second-order valence-corrected chi connectivity index (χ2v) is 7.41. The second kappa shape index (κ2) is 9.20. The predicted molar refractivity (Wildman–Crippen MR) is 113 cm³/mol. The number of fused-ring (bicyclic) bond motifs is 1. The molecule has 0 radical (unpaired) electrons. The van der Waals surface area contributed by atoms with Crippen molar-refractivity contribution in [2.75, 3.05) is 32.9 Å². The number of ether oxygens (including phenoxy) is 2. The maximum atomic E-state index is 13.1. The third-order valence-corrected chi connectivity index (χ3v) is 5.19. The Balaban J connectivity index is 1.51. The van der Waals surface area contributed by atoms with Crippen LogP contribution in [0.3, 0.4) is 0 Å². The summed E-state index contributed by atoms with van der Waals surface area (Å²) >= 11 is 0. The Morgan fingerprint density at radius 2 is 1.93 bits per heavy atom. The molecule has 1 aliphatic rings. The number of aromatic nitrogens is 2. The van der Waals surface area contributed by atoms with Crippen LogP contribution in [0.5, 0.6) is 5.75 Å². The first-order chi connectivity index (χ1) is 14.2. The molecule has 1 fully saturated rings. The van der Waals surface area contributed by atoms with Crippen molar-refractivity contribution in [1.29, 1.82) is 0 Å². The van der Waals surface area contributed by atoms with E-state index >= 15 is 0 Å². The number of nitrogens with zero attached hydrogens (tertiary/aromatic N) is 3. The molecular weight excluding hydrogens is 366 g/mol. The van der Waals surface area contributed by atoms with Crippen molar-refractivity contribution < 1.29 is 9.47 Å². The third-order valence-electron chi connectivity index (χ3n) is 5.19. The van der Waals surface area contributed by atoms with Crippen LogP contribution in [0.2, 0.25) is 0 Å². The van der Waals surface area contributed by atoms with E-state index in [0.717, 1.165) is 49.8 Å². The number of para-hydroxylation sites is 1. The zero-order valence-corrected chi connectivity index (χ0v) is 16.8. The summed E-state index contributed by atoms with van der Waals surface area (Å²) in [6, 6.07) is 15.6. The minimum Gasteiger partial charge on any atom is -0.494 e. The molecule has 0 N–H and O–H groups in total. The monoisotopic (exact) mass is 393 g/mol. The molecule has 6 heteroatoms. The molecule has 0 unspecified atom stereocenters. The Morgan fingerprint density at radius 1 is 1.10 bits per heavy atom. The molecule has 1 aromatic heterocycles. The number of rotatable bonds is 7. The Labute approximate surface area is 170 Å². The lowest BCUT2D eigenvalue weighted by Gasteiger charge is -2.27. The summed E-state index contributed by atoms with van der Waals surface area (Å²) in [7, 11) is 0. The number of hydrogen-bond acceptors (Lipinski definition) is 5. The molecule has 0 aliphatic carbocycles. The maximum absolute atomic E-state index is 13.1. The van der Waals surface area contributed by atoms with Crippen molar-refractivity contribution in [3.63, 3.8) is 0 Å². The maximum Gasteiger partial charge on any atom is 0.261 e. The van der Waals surface area contributed by atoms with Gasteiger partial charge in [0.1, 0.15) is 11.6 Å². The summed E-state index contributed by atoms with van der Waals surface area (Å²) in [5.74, 6) is 1.67. The molecular formula is C23H27N3O3. The van der Waals surface area contributed by atoms with E-state index in [4.69, 9.17) is 14.5 Å². The highest BCUT2D eigenvalue weighted by Gasteiger charge is 2.16. The van der Waals surface area contributed by atoms with Gasteiger partial charge < -0.3 is 9.47 Å². The lowest BCUT2D eigenvalue weighted by Crippen LogP contribution is -2.38. The average Bonchev–Trinajstić information content (AvgIpc) is 2.74. The Bertz CT molecular complexity index is 1030. The molecule has 29 heavy (non-hydrogen) atoms. The summed E-state index contributed by atoms with van der Waals surface area (Å²) in [5, 5.41) is 0.665. The van der Waals surface area contributed by atoms with Gasteiger partial charge in [-0.05, 0) is 43.2 Å². The molecule has 1 saturated heterocycles. The molecule has 6 nitrogen and oxygen atoms in total. The highest BCUT2D eigenvalue weighted by Crippen LogP contribution is 2.14. The molecule has 4 rings (SSSR count). The molecule has 0 saturated carbocycles. The van der Waals surface area contributed by atoms with E-state index in [1.807, 2.05) is 60.0 Å². The van der Waals surface area contributed by atoms with Gasteiger partial charge in [0, 0.05) is 19.6 Å². The van der Waals surface area contributed by atoms with E-state index in [2.05, 4.69) is 4.90 Å². The van der Waals surface area contributed by atoms with Crippen LogP contribution in [0.4, 0.5) is 0 Å². The molecule has 1 aliphatic heterocycles. The van der Waals surface area contributed by atoms with E-state index in [1.165, 1.54) is 5.56 Å². The molecule has 2 heterocycles. The van der Waals surface area contributed by atoms with Crippen molar-refractivity contribution >= 4 is 10.9 Å². The Morgan fingerprint density at radius 3 is 2.76 bits per heavy atom. The van der Waals surface area contributed by atoms with Gasteiger partial charge in [-0.2, -0.15) is 0 Å². The summed E-state index contributed by atoms with van der Waals surface area (Å²) in [4.78, 5) is 20.2. The van der Waals surface area contributed by atoms with Crippen LogP contribution in [-0.4, -0.2) is 47.4 Å². The minimum atomic E-state index is 0.0226. The molecule has 152 valence electrons. The first-order valence-corrected chi connectivity index (χ1v) is 10.2. The van der Waals surface area contributed by atoms with Gasteiger partial charge in [-0.3, -0.25) is 14.3 Å². The number of benzene rings is 2. The van der Waals surface area contributed by atoms with E-state index in [1.54, 1.807) is 0 Å². The van der Waals surface area contributed by atoms with Gasteiger partial charge in [-0.15, -0.1) is 0 Å². The van der Waals surface area contributed by atoms with Gasteiger partial charge in [0.15, 0.2) is 0 Å². The summed E-state index contributed by atoms with van der Waals surface area (Å²) < 4.78 is 13.1. The molecule has 0 amide bonds. The van der Waals surface area contributed by atoms with E-state index < -0.39 is 0 Å². The topological polar surface area (TPSA) is 56.6 Å². The number of aryl methyl sites for hydroxylation is 1. The van der Waals surface area contributed by atoms with Crippen LogP contribution in [0.25, 0.3) is 10.9 Å². The van der Waals surface area contributed by atoms with Gasteiger partial charge in [0.05, 0.1) is 37.3 Å². The van der Waals surface area contributed by atoms with Gasteiger partial charge in [-0.25, -0.2) is 4.98 Å². The van der Waals surface area contributed by atoms with Gasteiger partial charge in [0.25, 0.3) is 5.56 Å². The predicted octanol–water partition coefficient (Wildman–Crippen LogP) is 3.01. The van der Waals surface area contributed by atoms with Crippen LogP contribution >= 0.6 is 0 Å². The standard InChI is InChI=1S/C23H27N3O3/c1-18-6-4-7-19(16-18)29-13-5-10-26-22(17-25-11-14-28-15-12-25)24-21-9-3-2-8-20(21)23(26)27/h2-4,6-9,16H,5,10-15,17H2,1H3. The molecule has 0 bridgehead atoms. The number of hydrogen-bond donors (Lipinski definition) is 0.